The summed E-state index contributed by atoms with van der Waals surface area (Å²) in [6.45, 7) is 5.71. The van der Waals surface area contributed by atoms with Crippen molar-refractivity contribution >= 4 is 28.5 Å². The van der Waals surface area contributed by atoms with E-state index in [-0.39, 0.29) is 45.6 Å². The zero-order chi connectivity index (χ0) is 34.4. The topological polar surface area (TPSA) is 114 Å². The summed E-state index contributed by atoms with van der Waals surface area (Å²) in [6, 6.07) is 6.51. The van der Waals surface area contributed by atoms with E-state index in [0.29, 0.717) is 13.2 Å². The van der Waals surface area contributed by atoms with Crippen molar-refractivity contribution in [2.75, 3.05) is 18.1 Å². The summed E-state index contributed by atoms with van der Waals surface area (Å²) in [5.41, 5.74) is -3.24. The number of rotatable bonds is 7. The van der Waals surface area contributed by atoms with Crippen molar-refractivity contribution in [1.29, 1.82) is 0 Å². The predicted octanol–water partition coefficient (Wildman–Crippen LogP) is 5.25. The summed E-state index contributed by atoms with van der Waals surface area (Å²) >= 11 is 0. The lowest BCUT2D eigenvalue weighted by molar-refractivity contribution is -0.139. The van der Waals surface area contributed by atoms with E-state index in [1.807, 2.05) is 13.8 Å². The fourth-order valence-electron chi connectivity index (χ4n) is 5.77. The molecule has 5 rings (SSSR count). The zero-order valence-corrected chi connectivity index (χ0v) is 25.8. The first kappa shape index (κ1) is 33.5. The summed E-state index contributed by atoms with van der Waals surface area (Å²) in [5.74, 6) is -5.21. The van der Waals surface area contributed by atoms with Gasteiger partial charge in [-0.3, -0.25) is 14.6 Å². The highest BCUT2D eigenvalue weighted by atomic mass is 19.4. The van der Waals surface area contributed by atoms with Crippen LogP contribution in [0.2, 0.25) is 0 Å². The highest BCUT2D eigenvalue weighted by Crippen LogP contribution is 2.38. The minimum Gasteiger partial charge on any atom is -0.480 e. The molecule has 47 heavy (non-hydrogen) atoms. The molecule has 2 N–H and O–H groups in total. The van der Waals surface area contributed by atoms with E-state index < -0.39 is 64.4 Å². The van der Waals surface area contributed by atoms with Gasteiger partial charge in [-0.25, -0.2) is 13.6 Å². The predicted molar refractivity (Wildman–Crippen MR) is 163 cm³/mol. The molecule has 14 heteroatoms. The van der Waals surface area contributed by atoms with Gasteiger partial charge in [-0.05, 0) is 50.6 Å². The fourth-order valence-corrected chi connectivity index (χ4v) is 5.77. The van der Waals surface area contributed by atoms with E-state index >= 15 is 8.78 Å². The van der Waals surface area contributed by atoms with E-state index in [1.165, 1.54) is 44.4 Å². The van der Waals surface area contributed by atoms with Gasteiger partial charge < -0.3 is 24.6 Å². The van der Waals surface area contributed by atoms with Crippen LogP contribution >= 0.6 is 0 Å². The summed E-state index contributed by atoms with van der Waals surface area (Å²) < 4.78 is 79.4. The lowest BCUT2D eigenvalue weighted by atomic mass is 9.93. The van der Waals surface area contributed by atoms with Crippen LogP contribution in [0.15, 0.2) is 53.5 Å². The highest BCUT2D eigenvalue weighted by molar-refractivity contribution is 5.99. The van der Waals surface area contributed by atoms with E-state index in [0.717, 1.165) is 22.8 Å². The molecule has 1 amide bonds. The van der Waals surface area contributed by atoms with Crippen LogP contribution in [0.1, 0.15) is 41.0 Å². The number of benzene rings is 2. The van der Waals surface area contributed by atoms with Gasteiger partial charge in [0.1, 0.15) is 23.2 Å². The van der Waals surface area contributed by atoms with E-state index in [2.05, 4.69) is 10.3 Å². The van der Waals surface area contributed by atoms with Crippen molar-refractivity contribution in [2.24, 2.45) is 7.05 Å². The molecule has 0 aliphatic carbocycles. The zero-order valence-electron chi connectivity index (χ0n) is 25.8. The molecular weight excluding hydrogens is 627 g/mol. The van der Waals surface area contributed by atoms with Crippen LogP contribution in [-0.4, -0.2) is 57.9 Å². The Bertz CT molecular complexity index is 1920. The van der Waals surface area contributed by atoms with Crippen molar-refractivity contribution in [1.82, 2.24) is 14.9 Å². The maximum Gasteiger partial charge on any atom is 0.417 e. The number of hydrogen-bond acceptors (Lipinski definition) is 6. The molecule has 1 fully saturated rings. The molecule has 2 aromatic heterocycles. The number of morpholine rings is 1. The number of aliphatic carboxylic acids is 1. The molecule has 0 radical (unpaired) electrons. The van der Waals surface area contributed by atoms with Gasteiger partial charge in [0.05, 0.1) is 29.4 Å². The number of aryl methyl sites for hydroxylation is 1. The first-order valence-electron chi connectivity index (χ1n) is 14.6. The van der Waals surface area contributed by atoms with E-state index in [9.17, 15) is 32.7 Å². The number of fused-ring (bicyclic) bond motifs is 1. The molecule has 3 heterocycles. The Morgan fingerprint density at radius 1 is 1.13 bits per heavy atom. The second-order valence-corrected chi connectivity index (χ2v) is 11.6. The number of aromatic nitrogens is 2. The van der Waals surface area contributed by atoms with Crippen LogP contribution in [0.5, 0.6) is 0 Å². The smallest absolute Gasteiger partial charge is 0.417 e. The van der Waals surface area contributed by atoms with Gasteiger partial charge in [-0.2, -0.15) is 13.2 Å². The third-order valence-corrected chi connectivity index (χ3v) is 8.33. The lowest BCUT2D eigenvalue weighted by Crippen LogP contribution is -2.47. The third-order valence-electron chi connectivity index (χ3n) is 8.33. The number of pyridine rings is 2. The Kier molecular flexibility index (Phi) is 9.09. The van der Waals surface area contributed by atoms with E-state index in [1.54, 1.807) is 4.90 Å². The average molecular weight is 659 g/mol. The quantitative estimate of drug-likeness (QED) is 0.261. The Balaban J connectivity index is 1.49. The van der Waals surface area contributed by atoms with Gasteiger partial charge in [0.2, 0.25) is 0 Å². The van der Waals surface area contributed by atoms with Crippen molar-refractivity contribution in [2.45, 2.75) is 51.6 Å². The van der Waals surface area contributed by atoms with Gasteiger partial charge in [-0.1, -0.05) is 18.2 Å². The van der Waals surface area contributed by atoms with Crippen molar-refractivity contribution < 1.29 is 41.4 Å². The molecule has 0 saturated carbocycles. The number of carbonyl (C=O) groups is 2. The molecule has 248 valence electrons. The first-order chi connectivity index (χ1) is 22.1. The summed E-state index contributed by atoms with van der Waals surface area (Å²) in [4.78, 5) is 44.4. The Hall–Kier alpha value is -4.85. The number of carbonyl (C=O) groups excluding carboxylic acids is 1. The Morgan fingerprint density at radius 2 is 1.81 bits per heavy atom. The molecule has 1 aliphatic rings. The second-order valence-electron chi connectivity index (χ2n) is 11.6. The SMILES string of the molecule is Cc1cc(C(F)(F)F)c(-c2ccc(C[C@H](NC(=O)c3c(F)cc(N4C[C@@H](C)OC[C@@H]4C)cc3F)C(=O)O)c3cccnc23)c(=O)n1C. The molecular formula is C33H31F5N4O5. The number of carboxylic acid groups (broad SMARTS) is 1. The normalized spacial score (nSPS) is 17.5. The number of ether oxygens (including phenoxy) is 1. The summed E-state index contributed by atoms with van der Waals surface area (Å²) in [5, 5.41) is 12.3. The standard InChI is InChI=1S/C33H31F5N4O5/c1-16-10-23(33(36,37)38)27(31(44)41(16)4)22-8-7-19(21-6-5-9-39-29(21)22)11-26(32(45)46)40-30(43)28-24(34)12-20(13-25(28)35)42-14-18(3)47-15-17(42)2/h5-10,12-13,17-18,26H,11,14-15H2,1-4H3,(H,40,43)(H,45,46)/t17-,18+,26-/m0/s1. The molecule has 1 aliphatic heterocycles. The van der Waals surface area contributed by atoms with Crippen molar-refractivity contribution in [3.05, 3.63) is 93.0 Å². The fraction of sp³-hybridized carbons (Fsp3) is 0.333. The maximum atomic E-state index is 15.2. The maximum absolute atomic E-state index is 15.2. The largest absolute Gasteiger partial charge is 0.480 e. The monoisotopic (exact) mass is 658 g/mol. The van der Waals surface area contributed by atoms with Crippen LogP contribution in [0.25, 0.3) is 22.0 Å². The van der Waals surface area contributed by atoms with Gasteiger partial charge in [0.25, 0.3) is 11.5 Å². The molecule has 0 spiro atoms. The van der Waals surface area contributed by atoms with Gasteiger partial charge in [0.15, 0.2) is 0 Å². The summed E-state index contributed by atoms with van der Waals surface area (Å²) in [7, 11) is 1.34. The Morgan fingerprint density at radius 3 is 2.45 bits per heavy atom. The number of hydrogen-bond donors (Lipinski definition) is 2. The lowest BCUT2D eigenvalue weighted by Gasteiger charge is -2.38. The van der Waals surface area contributed by atoms with Crippen molar-refractivity contribution in [3.63, 3.8) is 0 Å². The average Bonchev–Trinajstić information content (AvgIpc) is 3.00. The molecule has 2 aromatic carbocycles. The first-order valence-corrected chi connectivity index (χ1v) is 14.6. The molecule has 9 nitrogen and oxygen atoms in total. The van der Waals surface area contributed by atoms with Gasteiger partial charge in [0, 0.05) is 54.6 Å². The van der Waals surface area contributed by atoms with Crippen LogP contribution in [0.4, 0.5) is 27.6 Å². The molecule has 0 unspecified atom stereocenters. The minimum absolute atomic E-state index is 0.00810. The summed E-state index contributed by atoms with van der Waals surface area (Å²) in [6.07, 6.45) is -4.17. The number of nitrogens with zero attached hydrogens (tertiary/aromatic N) is 3. The van der Waals surface area contributed by atoms with Gasteiger partial charge in [-0.15, -0.1) is 0 Å². The number of amides is 1. The van der Waals surface area contributed by atoms with Crippen LogP contribution in [-0.2, 0) is 29.2 Å². The third kappa shape index (κ3) is 6.55. The number of carboxylic acids is 1. The van der Waals surface area contributed by atoms with Gasteiger partial charge >= 0.3 is 12.1 Å². The number of nitrogens with one attached hydrogen (secondary N) is 1. The van der Waals surface area contributed by atoms with Crippen LogP contribution < -0.4 is 15.8 Å². The second kappa shape index (κ2) is 12.7. The van der Waals surface area contributed by atoms with Crippen LogP contribution in [0.3, 0.4) is 0 Å². The van der Waals surface area contributed by atoms with Crippen molar-refractivity contribution in [3.8, 4) is 11.1 Å². The molecule has 0 bridgehead atoms. The number of alkyl halides is 3. The number of anilines is 1. The van der Waals surface area contributed by atoms with Crippen LogP contribution in [0, 0.1) is 18.6 Å². The minimum atomic E-state index is -4.87. The molecule has 3 atom stereocenters. The molecule has 4 aromatic rings. The Labute approximate surface area is 265 Å². The highest BCUT2D eigenvalue weighted by Gasteiger charge is 2.37. The van der Waals surface area contributed by atoms with E-state index in [4.69, 9.17) is 4.74 Å². The number of halogens is 5. The molecule has 1 saturated heterocycles.